The van der Waals surface area contributed by atoms with Crippen molar-refractivity contribution < 1.29 is 4.79 Å². The molecule has 1 amide bonds. The number of amides is 1. The number of hydrogen-bond donors (Lipinski definition) is 2. The number of carbonyl (C=O) groups excluding carboxylic acids is 1. The molecule has 0 saturated carbocycles. The van der Waals surface area contributed by atoms with Crippen molar-refractivity contribution in [2.24, 2.45) is 0 Å². The van der Waals surface area contributed by atoms with Gasteiger partial charge in [-0.2, -0.15) is 4.98 Å². The smallest absolute Gasteiger partial charge is 0.255 e. The van der Waals surface area contributed by atoms with E-state index in [1.165, 1.54) is 24.8 Å². The Morgan fingerprint density at radius 2 is 1.61 bits per heavy atom. The van der Waals surface area contributed by atoms with Crippen LogP contribution >= 0.6 is 0 Å². The number of benzene rings is 2. The topological polar surface area (TPSA) is 70.2 Å². The highest BCUT2D eigenvalue weighted by Crippen LogP contribution is 2.22. The first-order valence-electron chi connectivity index (χ1n) is 11.0. The number of carbonyl (C=O) groups is 1. The second-order valence-electron chi connectivity index (χ2n) is 7.95. The molecule has 1 fully saturated rings. The number of piperidine rings is 1. The van der Waals surface area contributed by atoms with Crippen LogP contribution < -0.4 is 15.5 Å². The molecule has 2 aromatic carbocycles. The number of rotatable bonds is 6. The summed E-state index contributed by atoms with van der Waals surface area (Å²) in [5.41, 5.74) is 4.48. The number of aryl methyl sites for hydroxylation is 2. The van der Waals surface area contributed by atoms with Crippen molar-refractivity contribution in [1.29, 1.82) is 0 Å². The number of nitrogens with one attached hydrogen (secondary N) is 2. The average Bonchev–Trinajstić information content (AvgIpc) is 2.80. The molecule has 3 aromatic rings. The maximum Gasteiger partial charge on any atom is 0.255 e. The Balaban J connectivity index is 1.41. The molecule has 0 unspecified atom stereocenters. The van der Waals surface area contributed by atoms with Gasteiger partial charge in [0.1, 0.15) is 5.82 Å². The van der Waals surface area contributed by atoms with Crippen molar-refractivity contribution in [2.45, 2.75) is 39.5 Å². The van der Waals surface area contributed by atoms with Gasteiger partial charge in [-0.15, -0.1) is 0 Å². The van der Waals surface area contributed by atoms with Gasteiger partial charge in [0.05, 0.1) is 0 Å². The minimum atomic E-state index is -0.110. The number of anilines is 4. The third-order valence-electron chi connectivity index (χ3n) is 5.52. The molecule has 31 heavy (non-hydrogen) atoms. The largest absolute Gasteiger partial charge is 0.341 e. The van der Waals surface area contributed by atoms with Crippen LogP contribution in [0.25, 0.3) is 0 Å². The molecule has 6 nitrogen and oxygen atoms in total. The van der Waals surface area contributed by atoms with Crippen molar-refractivity contribution in [2.75, 3.05) is 28.6 Å². The molecule has 0 aliphatic carbocycles. The van der Waals surface area contributed by atoms with E-state index in [0.29, 0.717) is 5.56 Å². The highest BCUT2D eigenvalue weighted by atomic mass is 16.1. The van der Waals surface area contributed by atoms with E-state index in [-0.39, 0.29) is 5.91 Å². The Hall–Kier alpha value is -3.41. The van der Waals surface area contributed by atoms with Gasteiger partial charge < -0.3 is 15.5 Å². The van der Waals surface area contributed by atoms with Crippen LogP contribution in [0.15, 0.2) is 54.6 Å². The molecule has 0 bridgehead atoms. The van der Waals surface area contributed by atoms with Crippen molar-refractivity contribution in [3.05, 3.63) is 71.4 Å². The van der Waals surface area contributed by atoms with Crippen LogP contribution in [-0.4, -0.2) is 29.0 Å². The van der Waals surface area contributed by atoms with Crippen LogP contribution in [-0.2, 0) is 6.42 Å². The van der Waals surface area contributed by atoms with Crippen LogP contribution in [0.2, 0.25) is 0 Å². The van der Waals surface area contributed by atoms with E-state index in [2.05, 4.69) is 27.4 Å². The van der Waals surface area contributed by atoms with Gasteiger partial charge in [0.2, 0.25) is 5.95 Å². The lowest BCUT2D eigenvalue weighted by Crippen LogP contribution is -2.31. The van der Waals surface area contributed by atoms with Gasteiger partial charge >= 0.3 is 0 Å². The highest BCUT2D eigenvalue weighted by Gasteiger charge is 2.15. The standard InChI is InChI=1S/C25H29N5O/c1-3-19-7-9-20(10-8-19)24(31)28-22-13-11-21(12-14-22)27-23-17-18(2)26-25(29-23)30-15-5-4-6-16-30/h7-14,17H,3-6,15-16H2,1-2H3,(H,28,31)(H,26,27,29). The number of nitrogens with zero attached hydrogens (tertiary/aromatic N) is 3. The fourth-order valence-electron chi connectivity index (χ4n) is 3.73. The summed E-state index contributed by atoms with van der Waals surface area (Å²) in [4.78, 5) is 24.0. The summed E-state index contributed by atoms with van der Waals surface area (Å²) in [6, 6.07) is 17.3. The Morgan fingerprint density at radius 3 is 2.29 bits per heavy atom. The molecule has 0 spiro atoms. The lowest BCUT2D eigenvalue weighted by atomic mass is 10.1. The van der Waals surface area contributed by atoms with Crippen LogP contribution in [0.1, 0.15) is 47.8 Å². The molecule has 1 aliphatic rings. The van der Waals surface area contributed by atoms with Crippen LogP contribution in [0.4, 0.5) is 23.1 Å². The van der Waals surface area contributed by atoms with Gasteiger partial charge in [0, 0.05) is 41.8 Å². The molecular formula is C25H29N5O. The molecule has 160 valence electrons. The second-order valence-corrected chi connectivity index (χ2v) is 7.95. The highest BCUT2D eigenvalue weighted by molar-refractivity contribution is 6.04. The average molecular weight is 416 g/mol. The molecule has 6 heteroatoms. The van der Waals surface area contributed by atoms with Crippen molar-refractivity contribution in [3.8, 4) is 0 Å². The SMILES string of the molecule is CCc1ccc(C(=O)Nc2ccc(Nc3cc(C)nc(N4CCCCC4)n3)cc2)cc1. The third-order valence-corrected chi connectivity index (χ3v) is 5.52. The number of aromatic nitrogens is 2. The van der Waals surface area contributed by atoms with Gasteiger partial charge in [0.15, 0.2) is 0 Å². The minimum Gasteiger partial charge on any atom is -0.341 e. The van der Waals surface area contributed by atoms with E-state index in [0.717, 1.165) is 48.3 Å². The second kappa shape index (κ2) is 9.60. The van der Waals surface area contributed by atoms with Crippen molar-refractivity contribution in [1.82, 2.24) is 9.97 Å². The molecule has 1 saturated heterocycles. The zero-order chi connectivity index (χ0) is 21.6. The van der Waals surface area contributed by atoms with Crippen molar-refractivity contribution in [3.63, 3.8) is 0 Å². The molecule has 1 aromatic heterocycles. The molecule has 2 heterocycles. The maximum atomic E-state index is 12.5. The minimum absolute atomic E-state index is 0.110. The summed E-state index contributed by atoms with van der Waals surface area (Å²) in [6.45, 7) is 6.12. The number of hydrogen-bond acceptors (Lipinski definition) is 5. The van der Waals surface area contributed by atoms with E-state index in [1.807, 2.05) is 61.5 Å². The Morgan fingerprint density at radius 1 is 0.935 bits per heavy atom. The predicted molar refractivity (Wildman–Crippen MR) is 126 cm³/mol. The first-order chi connectivity index (χ1) is 15.1. The van der Waals surface area contributed by atoms with E-state index >= 15 is 0 Å². The normalized spacial score (nSPS) is 13.7. The van der Waals surface area contributed by atoms with Gasteiger partial charge in [-0.3, -0.25) is 4.79 Å². The van der Waals surface area contributed by atoms with Crippen LogP contribution in [0, 0.1) is 6.92 Å². The zero-order valence-electron chi connectivity index (χ0n) is 18.2. The van der Waals surface area contributed by atoms with Gasteiger partial charge in [-0.25, -0.2) is 4.98 Å². The Bertz CT molecular complexity index is 1020. The summed E-state index contributed by atoms with van der Waals surface area (Å²) < 4.78 is 0. The summed E-state index contributed by atoms with van der Waals surface area (Å²) in [7, 11) is 0. The molecular weight excluding hydrogens is 386 g/mol. The van der Waals surface area contributed by atoms with E-state index in [9.17, 15) is 4.79 Å². The van der Waals surface area contributed by atoms with Gasteiger partial charge in [-0.05, 0) is 74.6 Å². The quantitative estimate of drug-likeness (QED) is 0.569. The van der Waals surface area contributed by atoms with Crippen LogP contribution in [0.5, 0.6) is 0 Å². The maximum absolute atomic E-state index is 12.5. The van der Waals surface area contributed by atoms with Crippen LogP contribution in [0.3, 0.4) is 0 Å². The summed E-state index contributed by atoms with van der Waals surface area (Å²) >= 11 is 0. The Labute approximate surface area is 183 Å². The molecule has 1 aliphatic heterocycles. The summed E-state index contributed by atoms with van der Waals surface area (Å²) in [5, 5.41) is 6.31. The molecule has 4 rings (SSSR count). The molecule has 0 atom stereocenters. The van der Waals surface area contributed by atoms with E-state index in [1.54, 1.807) is 0 Å². The van der Waals surface area contributed by atoms with E-state index in [4.69, 9.17) is 4.98 Å². The Kier molecular flexibility index (Phi) is 6.46. The fourth-order valence-corrected chi connectivity index (χ4v) is 3.73. The summed E-state index contributed by atoms with van der Waals surface area (Å²) in [6.07, 6.45) is 4.62. The molecule has 2 N–H and O–H groups in total. The fraction of sp³-hybridized carbons (Fsp3) is 0.320. The lowest BCUT2D eigenvalue weighted by Gasteiger charge is -2.27. The third kappa shape index (κ3) is 5.40. The monoisotopic (exact) mass is 415 g/mol. The van der Waals surface area contributed by atoms with Gasteiger partial charge in [0.25, 0.3) is 5.91 Å². The lowest BCUT2D eigenvalue weighted by molar-refractivity contribution is 0.102. The van der Waals surface area contributed by atoms with E-state index < -0.39 is 0 Å². The molecule has 0 radical (unpaired) electrons. The predicted octanol–water partition coefficient (Wildman–Crippen LogP) is 5.33. The van der Waals surface area contributed by atoms with Crippen molar-refractivity contribution >= 4 is 29.0 Å². The van der Waals surface area contributed by atoms with Gasteiger partial charge in [-0.1, -0.05) is 19.1 Å². The summed E-state index contributed by atoms with van der Waals surface area (Å²) in [5.74, 6) is 1.46. The first-order valence-corrected chi connectivity index (χ1v) is 11.0. The zero-order valence-corrected chi connectivity index (χ0v) is 18.2. The first kappa shape index (κ1) is 20.8.